The maximum Gasteiger partial charge on any atom is 0.325 e. The summed E-state index contributed by atoms with van der Waals surface area (Å²) in [4.78, 5) is 27.5. The molecule has 1 saturated heterocycles. The van der Waals surface area contributed by atoms with Crippen LogP contribution in [0.1, 0.15) is 39.2 Å². The van der Waals surface area contributed by atoms with E-state index >= 15 is 0 Å². The highest BCUT2D eigenvalue weighted by Gasteiger charge is 2.30. The summed E-state index contributed by atoms with van der Waals surface area (Å²) >= 11 is 0. The maximum atomic E-state index is 12.4. The largest absolute Gasteiger partial charge is 0.352 e. The predicted octanol–water partition coefficient (Wildman–Crippen LogP) is 2.58. The smallest absolute Gasteiger partial charge is 0.325 e. The van der Waals surface area contributed by atoms with E-state index in [0.717, 1.165) is 5.69 Å². The van der Waals surface area contributed by atoms with Crippen LogP contribution in [0.2, 0.25) is 0 Å². The molecule has 1 fully saturated rings. The third-order valence-corrected chi connectivity index (χ3v) is 3.75. The molecular weight excluding hydrogens is 278 g/mol. The van der Waals surface area contributed by atoms with Crippen LogP contribution in [0.3, 0.4) is 0 Å². The van der Waals surface area contributed by atoms with Gasteiger partial charge in [0.05, 0.1) is 0 Å². The number of nitrogens with zero attached hydrogens (tertiary/aromatic N) is 2. The molecule has 5 nitrogen and oxygen atoms in total. The summed E-state index contributed by atoms with van der Waals surface area (Å²) in [5.74, 6) is 0.361. The summed E-state index contributed by atoms with van der Waals surface area (Å²) in [6.07, 6.45) is 0. The van der Waals surface area contributed by atoms with Crippen molar-refractivity contribution in [1.29, 1.82) is 0 Å². The zero-order chi connectivity index (χ0) is 16.3. The molecule has 0 aromatic heterocycles. The van der Waals surface area contributed by atoms with Crippen molar-refractivity contribution < 1.29 is 9.59 Å². The lowest BCUT2D eigenvalue weighted by Crippen LogP contribution is -2.42. The minimum absolute atomic E-state index is 0.0879. The molecule has 0 atom stereocenters. The van der Waals surface area contributed by atoms with Crippen molar-refractivity contribution in [3.05, 3.63) is 29.8 Å². The number of hydrogen-bond donors (Lipinski definition) is 1. The Balaban J connectivity index is 2.00. The van der Waals surface area contributed by atoms with Crippen LogP contribution in [-0.2, 0) is 4.79 Å². The number of rotatable bonds is 5. The molecule has 3 amide bonds. The van der Waals surface area contributed by atoms with Gasteiger partial charge in [0, 0.05) is 24.8 Å². The van der Waals surface area contributed by atoms with Crippen molar-refractivity contribution in [3.63, 3.8) is 0 Å². The first kappa shape index (κ1) is 16.3. The van der Waals surface area contributed by atoms with Crippen molar-refractivity contribution in [2.45, 2.75) is 39.7 Å². The average molecular weight is 303 g/mol. The van der Waals surface area contributed by atoms with Gasteiger partial charge in [0.25, 0.3) is 0 Å². The SMILES string of the molecule is CC(C)NC(=O)CN1CCN(c2ccc(C(C)C)cc2)C1=O. The van der Waals surface area contributed by atoms with E-state index in [4.69, 9.17) is 0 Å². The molecule has 1 heterocycles. The Morgan fingerprint density at radius 2 is 1.77 bits per heavy atom. The van der Waals surface area contributed by atoms with Gasteiger partial charge < -0.3 is 10.2 Å². The van der Waals surface area contributed by atoms with Crippen LogP contribution in [0.4, 0.5) is 10.5 Å². The molecule has 120 valence electrons. The fourth-order valence-electron chi connectivity index (χ4n) is 2.55. The van der Waals surface area contributed by atoms with Crippen molar-refractivity contribution in [2.24, 2.45) is 0 Å². The molecule has 0 radical (unpaired) electrons. The first-order valence-electron chi connectivity index (χ1n) is 7.84. The highest BCUT2D eigenvalue weighted by molar-refractivity contribution is 5.96. The minimum Gasteiger partial charge on any atom is -0.352 e. The van der Waals surface area contributed by atoms with Crippen LogP contribution >= 0.6 is 0 Å². The monoisotopic (exact) mass is 303 g/mol. The predicted molar refractivity (Wildman–Crippen MR) is 88.1 cm³/mol. The third-order valence-electron chi connectivity index (χ3n) is 3.75. The number of anilines is 1. The van der Waals surface area contributed by atoms with Gasteiger partial charge >= 0.3 is 6.03 Å². The fourth-order valence-corrected chi connectivity index (χ4v) is 2.55. The highest BCUT2D eigenvalue weighted by Crippen LogP contribution is 2.23. The first-order valence-corrected chi connectivity index (χ1v) is 7.84. The standard InChI is InChI=1S/C17H25N3O2/c1-12(2)14-5-7-15(8-6-14)20-10-9-19(17(20)22)11-16(21)18-13(3)4/h5-8,12-13H,9-11H2,1-4H3,(H,18,21). The van der Waals surface area contributed by atoms with E-state index in [9.17, 15) is 9.59 Å². The number of hydrogen-bond acceptors (Lipinski definition) is 2. The molecule has 22 heavy (non-hydrogen) atoms. The van der Waals surface area contributed by atoms with Crippen molar-refractivity contribution in [1.82, 2.24) is 10.2 Å². The van der Waals surface area contributed by atoms with Crippen LogP contribution in [0.5, 0.6) is 0 Å². The van der Waals surface area contributed by atoms with Crippen molar-refractivity contribution in [3.8, 4) is 0 Å². The Morgan fingerprint density at radius 1 is 1.14 bits per heavy atom. The normalized spacial score (nSPS) is 15.1. The molecule has 1 aromatic rings. The number of urea groups is 1. The third kappa shape index (κ3) is 3.78. The Labute approximate surface area is 132 Å². The molecule has 0 saturated carbocycles. The Bertz CT molecular complexity index is 537. The first-order chi connectivity index (χ1) is 10.4. The van der Waals surface area contributed by atoms with Crippen LogP contribution in [-0.4, -0.2) is 42.5 Å². The van der Waals surface area contributed by atoms with Crippen LogP contribution in [0, 0.1) is 0 Å². The topological polar surface area (TPSA) is 52.7 Å². The summed E-state index contributed by atoms with van der Waals surface area (Å²) in [7, 11) is 0. The highest BCUT2D eigenvalue weighted by atomic mass is 16.2. The van der Waals surface area contributed by atoms with Gasteiger partial charge in [-0.25, -0.2) is 4.79 Å². The fraction of sp³-hybridized carbons (Fsp3) is 0.529. The van der Waals surface area contributed by atoms with Gasteiger partial charge in [-0.15, -0.1) is 0 Å². The minimum atomic E-state index is -0.111. The molecule has 1 aliphatic rings. The Morgan fingerprint density at radius 3 is 2.32 bits per heavy atom. The van der Waals surface area contributed by atoms with Gasteiger partial charge in [0.1, 0.15) is 6.54 Å². The van der Waals surface area contributed by atoms with E-state index in [-0.39, 0.29) is 24.5 Å². The summed E-state index contributed by atoms with van der Waals surface area (Å²) in [6, 6.07) is 8.06. The number of carbonyl (C=O) groups excluding carboxylic acids is 2. The molecule has 2 rings (SSSR count). The van der Waals surface area contributed by atoms with Gasteiger partial charge in [-0.1, -0.05) is 26.0 Å². The molecule has 1 N–H and O–H groups in total. The Hall–Kier alpha value is -2.04. The zero-order valence-corrected chi connectivity index (χ0v) is 13.8. The molecule has 1 aromatic carbocycles. The zero-order valence-electron chi connectivity index (χ0n) is 13.8. The van der Waals surface area contributed by atoms with Gasteiger partial charge in [-0.05, 0) is 37.5 Å². The lowest BCUT2D eigenvalue weighted by molar-refractivity contribution is -0.122. The van der Waals surface area contributed by atoms with Crippen LogP contribution in [0.15, 0.2) is 24.3 Å². The molecule has 1 aliphatic heterocycles. The van der Waals surface area contributed by atoms with E-state index in [1.54, 1.807) is 9.80 Å². The summed E-state index contributed by atoms with van der Waals surface area (Å²) in [6.45, 7) is 9.43. The number of nitrogens with one attached hydrogen (secondary N) is 1. The molecule has 0 unspecified atom stereocenters. The number of benzene rings is 1. The van der Waals surface area contributed by atoms with E-state index in [0.29, 0.717) is 19.0 Å². The molecule has 0 bridgehead atoms. The van der Waals surface area contributed by atoms with Crippen LogP contribution in [0.25, 0.3) is 0 Å². The van der Waals surface area contributed by atoms with Gasteiger partial charge in [-0.3, -0.25) is 9.69 Å². The lowest BCUT2D eigenvalue weighted by atomic mass is 10.0. The van der Waals surface area contributed by atoms with Gasteiger partial charge in [0.15, 0.2) is 0 Å². The van der Waals surface area contributed by atoms with E-state index < -0.39 is 0 Å². The second-order valence-corrected chi connectivity index (χ2v) is 6.32. The second kappa shape index (κ2) is 6.81. The summed E-state index contributed by atoms with van der Waals surface area (Å²) < 4.78 is 0. The maximum absolute atomic E-state index is 12.4. The van der Waals surface area contributed by atoms with Gasteiger partial charge in [0.2, 0.25) is 5.91 Å². The number of amides is 3. The van der Waals surface area contributed by atoms with E-state index in [1.165, 1.54) is 5.56 Å². The van der Waals surface area contributed by atoms with E-state index in [1.807, 2.05) is 26.0 Å². The summed E-state index contributed by atoms with van der Waals surface area (Å²) in [5.41, 5.74) is 2.14. The summed E-state index contributed by atoms with van der Waals surface area (Å²) in [5, 5.41) is 2.81. The van der Waals surface area contributed by atoms with Gasteiger partial charge in [-0.2, -0.15) is 0 Å². The average Bonchev–Trinajstić information content (AvgIpc) is 2.79. The lowest BCUT2D eigenvalue weighted by Gasteiger charge is -2.19. The molecule has 5 heteroatoms. The van der Waals surface area contributed by atoms with Crippen molar-refractivity contribution >= 4 is 17.6 Å². The molecule has 0 spiro atoms. The van der Waals surface area contributed by atoms with Crippen molar-refractivity contribution in [2.75, 3.05) is 24.5 Å². The quantitative estimate of drug-likeness (QED) is 0.909. The van der Waals surface area contributed by atoms with Crippen LogP contribution < -0.4 is 10.2 Å². The molecule has 0 aliphatic carbocycles. The Kier molecular flexibility index (Phi) is 5.06. The van der Waals surface area contributed by atoms with E-state index in [2.05, 4.69) is 31.3 Å². The number of carbonyl (C=O) groups is 2. The molecular formula is C17H25N3O2. The second-order valence-electron chi connectivity index (χ2n) is 6.32.